The smallest absolute Gasteiger partial charge is 0.227 e. The second kappa shape index (κ2) is 4.02. The SMILES string of the molecule is [N-]=[N+]=Nc1ccccc1N1CCCC1=O. The molecule has 76 valence electrons. The third kappa shape index (κ3) is 1.78. The molecule has 1 aliphatic rings. The summed E-state index contributed by atoms with van der Waals surface area (Å²) >= 11 is 0. The van der Waals surface area contributed by atoms with Crippen molar-refractivity contribution in [2.24, 2.45) is 5.11 Å². The van der Waals surface area contributed by atoms with Crippen LogP contribution in [0.3, 0.4) is 0 Å². The molecule has 15 heavy (non-hydrogen) atoms. The zero-order valence-electron chi connectivity index (χ0n) is 8.13. The molecule has 1 saturated heterocycles. The zero-order valence-corrected chi connectivity index (χ0v) is 8.13. The molecule has 1 aliphatic heterocycles. The molecule has 0 aliphatic carbocycles. The van der Waals surface area contributed by atoms with E-state index in [4.69, 9.17) is 5.53 Å². The number of nitrogens with zero attached hydrogens (tertiary/aromatic N) is 4. The Hall–Kier alpha value is -2.00. The number of hydrogen-bond donors (Lipinski definition) is 0. The highest BCUT2D eigenvalue weighted by molar-refractivity contribution is 5.97. The summed E-state index contributed by atoms with van der Waals surface area (Å²) in [7, 11) is 0. The highest BCUT2D eigenvalue weighted by Crippen LogP contribution is 2.31. The molecule has 0 radical (unpaired) electrons. The topological polar surface area (TPSA) is 69.1 Å². The van der Waals surface area contributed by atoms with E-state index in [1.165, 1.54) is 0 Å². The number of benzene rings is 1. The van der Waals surface area contributed by atoms with Crippen LogP contribution in [0.25, 0.3) is 10.4 Å². The normalized spacial score (nSPS) is 15.2. The Morgan fingerprint density at radius 3 is 2.87 bits per heavy atom. The van der Waals surface area contributed by atoms with E-state index in [1.807, 2.05) is 6.07 Å². The second-order valence-corrected chi connectivity index (χ2v) is 3.33. The van der Waals surface area contributed by atoms with Crippen LogP contribution in [0.5, 0.6) is 0 Å². The van der Waals surface area contributed by atoms with E-state index in [9.17, 15) is 4.79 Å². The monoisotopic (exact) mass is 202 g/mol. The van der Waals surface area contributed by atoms with Gasteiger partial charge in [-0.2, -0.15) is 0 Å². The minimum absolute atomic E-state index is 0.0931. The average Bonchev–Trinajstić information content (AvgIpc) is 2.66. The summed E-state index contributed by atoms with van der Waals surface area (Å²) in [5.74, 6) is 0.0931. The molecular formula is C10H10N4O. The van der Waals surface area contributed by atoms with Gasteiger partial charge in [-0.05, 0) is 18.0 Å². The van der Waals surface area contributed by atoms with Crippen LogP contribution in [0.15, 0.2) is 29.4 Å². The van der Waals surface area contributed by atoms with Crippen molar-refractivity contribution < 1.29 is 4.79 Å². The maximum Gasteiger partial charge on any atom is 0.227 e. The predicted octanol–water partition coefficient (Wildman–Crippen LogP) is 2.76. The van der Waals surface area contributed by atoms with Gasteiger partial charge in [0.1, 0.15) is 0 Å². The third-order valence-corrected chi connectivity index (χ3v) is 2.40. The lowest BCUT2D eigenvalue weighted by molar-refractivity contribution is -0.117. The number of amides is 1. The fourth-order valence-corrected chi connectivity index (χ4v) is 1.73. The van der Waals surface area contributed by atoms with Gasteiger partial charge in [-0.15, -0.1) is 0 Å². The summed E-state index contributed by atoms with van der Waals surface area (Å²) in [5, 5.41) is 3.57. The van der Waals surface area contributed by atoms with Crippen molar-refractivity contribution in [1.29, 1.82) is 0 Å². The first-order valence-electron chi connectivity index (χ1n) is 4.77. The second-order valence-electron chi connectivity index (χ2n) is 3.33. The molecule has 5 nitrogen and oxygen atoms in total. The lowest BCUT2D eigenvalue weighted by Gasteiger charge is -2.17. The molecule has 1 amide bonds. The lowest BCUT2D eigenvalue weighted by Crippen LogP contribution is -2.23. The molecule has 1 fully saturated rings. The molecule has 0 unspecified atom stereocenters. The number of rotatable bonds is 2. The molecular weight excluding hydrogens is 192 g/mol. The Morgan fingerprint density at radius 1 is 1.40 bits per heavy atom. The van der Waals surface area contributed by atoms with Crippen molar-refractivity contribution in [3.05, 3.63) is 34.7 Å². The van der Waals surface area contributed by atoms with E-state index in [1.54, 1.807) is 23.1 Å². The molecule has 1 heterocycles. The van der Waals surface area contributed by atoms with Gasteiger partial charge >= 0.3 is 0 Å². The minimum atomic E-state index is 0.0931. The van der Waals surface area contributed by atoms with Gasteiger partial charge in [-0.3, -0.25) is 4.79 Å². The molecule has 1 aromatic rings. The number of para-hydroxylation sites is 1. The van der Waals surface area contributed by atoms with Gasteiger partial charge in [-0.25, -0.2) is 0 Å². The van der Waals surface area contributed by atoms with Gasteiger partial charge in [0.15, 0.2) is 0 Å². The van der Waals surface area contributed by atoms with Gasteiger partial charge in [0.25, 0.3) is 0 Å². The molecule has 0 atom stereocenters. The van der Waals surface area contributed by atoms with Crippen LogP contribution in [0, 0.1) is 0 Å². The highest BCUT2D eigenvalue weighted by atomic mass is 16.2. The van der Waals surface area contributed by atoms with E-state index in [2.05, 4.69) is 10.0 Å². The van der Waals surface area contributed by atoms with Crippen LogP contribution in [-0.4, -0.2) is 12.5 Å². The third-order valence-electron chi connectivity index (χ3n) is 2.40. The van der Waals surface area contributed by atoms with Gasteiger partial charge in [0, 0.05) is 17.9 Å². The van der Waals surface area contributed by atoms with Crippen LogP contribution in [0.2, 0.25) is 0 Å². The van der Waals surface area contributed by atoms with Crippen molar-refractivity contribution in [2.45, 2.75) is 12.8 Å². The van der Waals surface area contributed by atoms with Crippen molar-refractivity contribution in [1.82, 2.24) is 0 Å². The summed E-state index contributed by atoms with van der Waals surface area (Å²) in [6.45, 7) is 0.705. The molecule has 0 bridgehead atoms. The van der Waals surface area contributed by atoms with Crippen molar-refractivity contribution in [2.75, 3.05) is 11.4 Å². The summed E-state index contributed by atoms with van der Waals surface area (Å²) < 4.78 is 0. The van der Waals surface area contributed by atoms with E-state index in [0.717, 1.165) is 6.42 Å². The molecule has 5 heteroatoms. The Bertz CT molecular complexity index is 437. The number of azide groups is 1. The number of carbonyl (C=O) groups excluding carboxylic acids is 1. The minimum Gasteiger partial charge on any atom is -0.312 e. The van der Waals surface area contributed by atoms with Crippen LogP contribution in [0.4, 0.5) is 11.4 Å². The van der Waals surface area contributed by atoms with E-state index < -0.39 is 0 Å². The maximum absolute atomic E-state index is 11.5. The maximum atomic E-state index is 11.5. The molecule has 0 spiro atoms. The van der Waals surface area contributed by atoms with Crippen LogP contribution in [0.1, 0.15) is 12.8 Å². The fourth-order valence-electron chi connectivity index (χ4n) is 1.73. The van der Waals surface area contributed by atoms with Crippen LogP contribution in [-0.2, 0) is 4.79 Å². The number of anilines is 1. The summed E-state index contributed by atoms with van der Waals surface area (Å²) in [6.07, 6.45) is 1.44. The summed E-state index contributed by atoms with van der Waals surface area (Å²) in [6, 6.07) is 7.12. The van der Waals surface area contributed by atoms with Crippen molar-refractivity contribution in [3.8, 4) is 0 Å². The Balaban J connectivity index is 2.42. The predicted molar refractivity (Wildman–Crippen MR) is 56.8 cm³/mol. The van der Waals surface area contributed by atoms with Crippen LogP contribution < -0.4 is 4.90 Å². The quantitative estimate of drug-likeness (QED) is 0.413. The molecule has 0 N–H and O–H groups in total. The van der Waals surface area contributed by atoms with Gasteiger partial charge in [0.05, 0.1) is 11.4 Å². The first kappa shape index (κ1) is 9.55. The van der Waals surface area contributed by atoms with Gasteiger partial charge in [0.2, 0.25) is 5.91 Å². The van der Waals surface area contributed by atoms with Crippen molar-refractivity contribution >= 4 is 17.3 Å². The Morgan fingerprint density at radius 2 is 2.20 bits per heavy atom. The Kier molecular flexibility index (Phi) is 2.56. The van der Waals surface area contributed by atoms with E-state index in [-0.39, 0.29) is 5.91 Å². The van der Waals surface area contributed by atoms with E-state index in [0.29, 0.717) is 24.3 Å². The van der Waals surface area contributed by atoms with Gasteiger partial charge < -0.3 is 4.90 Å². The first-order chi connectivity index (χ1) is 7.33. The van der Waals surface area contributed by atoms with Gasteiger partial charge in [-0.1, -0.05) is 23.3 Å². The standard InChI is InChI=1S/C10H10N4O/c11-13-12-8-4-1-2-5-9(8)14-7-3-6-10(14)15/h1-2,4-5H,3,6-7H2. The molecule has 0 aromatic heterocycles. The first-order valence-corrected chi connectivity index (χ1v) is 4.77. The summed E-state index contributed by atoms with van der Waals surface area (Å²) in [4.78, 5) is 15.9. The number of carbonyl (C=O) groups is 1. The van der Waals surface area contributed by atoms with Crippen LogP contribution >= 0.6 is 0 Å². The molecule has 1 aromatic carbocycles. The zero-order chi connectivity index (χ0) is 10.7. The fraction of sp³-hybridized carbons (Fsp3) is 0.300. The number of hydrogen-bond acceptors (Lipinski definition) is 2. The highest BCUT2D eigenvalue weighted by Gasteiger charge is 2.22. The average molecular weight is 202 g/mol. The largest absolute Gasteiger partial charge is 0.312 e. The molecule has 0 saturated carbocycles. The van der Waals surface area contributed by atoms with Crippen molar-refractivity contribution in [3.63, 3.8) is 0 Å². The summed E-state index contributed by atoms with van der Waals surface area (Å²) in [5.41, 5.74) is 9.62. The molecule has 2 rings (SSSR count). The lowest BCUT2D eigenvalue weighted by atomic mass is 10.2. The Labute approximate surface area is 86.9 Å². The van der Waals surface area contributed by atoms with E-state index >= 15 is 0 Å².